The van der Waals surface area contributed by atoms with Crippen molar-refractivity contribution < 1.29 is 42.2 Å². The van der Waals surface area contributed by atoms with Gasteiger partial charge in [-0.2, -0.15) is 0 Å². The molecule has 0 spiro atoms. The van der Waals surface area contributed by atoms with E-state index in [9.17, 15) is 0 Å². The maximum atomic E-state index is 5.55. The van der Waals surface area contributed by atoms with Crippen LogP contribution >= 0.6 is 0 Å². The van der Waals surface area contributed by atoms with E-state index in [0.29, 0.717) is 0 Å². The molecule has 3 rings (SSSR count). The summed E-state index contributed by atoms with van der Waals surface area (Å²) in [5.74, 6) is 5.46. The van der Waals surface area contributed by atoms with Gasteiger partial charge in [-0.25, -0.2) is 0 Å². The van der Waals surface area contributed by atoms with Crippen molar-refractivity contribution in [2.24, 2.45) is 23.7 Å². The topological polar surface area (TPSA) is 18.5 Å². The third-order valence-electron chi connectivity index (χ3n) is 7.48. The Morgan fingerprint density at radius 1 is 0.750 bits per heavy atom. The summed E-state index contributed by atoms with van der Waals surface area (Å²) < 4.78 is 11.1. The van der Waals surface area contributed by atoms with Gasteiger partial charge in [-0.3, -0.25) is 0 Å². The van der Waals surface area contributed by atoms with Gasteiger partial charge in [0.2, 0.25) is 0 Å². The van der Waals surface area contributed by atoms with Gasteiger partial charge in [0.15, 0.2) is 0 Å². The second-order valence-corrected chi connectivity index (χ2v) is 9.37. The molecular weight excluding hydrogens is 421 g/mol. The molecule has 0 saturated heterocycles. The van der Waals surface area contributed by atoms with Crippen LogP contribution in [0, 0.1) is 43.6 Å². The largest absolute Gasteiger partial charge is 0.522 e. The van der Waals surface area contributed by atoms with Gasteiger partial charge in [0.1, 0.15) is 0 Å². The van der Waals surface area contributed by atoms with Gasteiger partial charge in [-0.15, -0.1) is 16.7 Å². The van der Waals surface area contributed by atoms with E-state index in [1.165, 1.54) is 74.5 Å². The first kappa shape index (κ1) is 24.2. The number of benzene rings is 1. The number of rotatable bonds is 6. The summed E-state index contributed by atoms with van der Waals surface area (Å²) in [5, 5.41) is 0. The number of methoxy groups -OCH3 is 2. The second kappa shape index (κ2) is 11.4. The van der Waals surface area contributed by atoms with Gasteiger partial charge in [-0.05, 0) is 49.4 Å². The summed E-state index contributed by atoms with van der Waals surface area (Å²) in [6, 6.07) is 3.27. The minimum atomic E-state index is 0. The quantitative estimate of drug-likeness (QED) is 0.441. The standard InChI is InChI=1S/C25H39O2.Y/c1-17-6-8-20(9-7-17)14-21-10-12-22(13-11-21)15-23-18(2)24(26-4)16-25(27-5)19(23)3;/h17,20-22H,6-15H2,1-5H3;/q-1;. The van der Waals surface area contributed by atoms with Gasteiger partial charge in [0.25, 0.3) is 0 Å². The van der Waals surface area contributed by atoms with Crippen LogP contribution < -0.4 is 9.47 Å². The molecule has 0 aromatic heterocycles. The fourth-order valence-corrected chi connectivity index (χ4v) is 5.56. The predicted octanol–water partition coefficient (Wildman–Crippen LogP) is 6.68. The zero-order valence-electron chi connectivity index (χ0n) is 18.8. The molecule has 0 heterocycles. The minimum Gasteiger partial charge on any atom is -0.522 e. The Hall–Kier alpha value is -0.0761. The van der Waals surface area contributed by atoms with Crippen molar-refractivity contribution >= 4 is 0 Å². The summed E-state index contributed by atoms with van der Waals surface area (Å²) in [7, 11) is 3.46. The van der Waals surface area contributed by atoms with E-state index in [4.69, 9.17) is 9.47 Å². The summed E-state index contributed by atoms with van der Waals surface area (Å²) in [6.45, 7) is 6.77. The van der Waals surface area contributed by atoms with Gasteiger partial charge in [0, 0.05) is 44.2 Å². The van der Waals surface area contributed by atoms with Crippen LogP contribution in [0.2, 0.25) is 0 Å². The molecule has 2 nitrogen and oxygen atoms in total. The monoisotopic (exact) mass is 460 g/mol. The third kappa shape index (κ3) is 5.97. The van der Waals surface area contributed by atoms with Gasteiger partial charge < -0.3 is 9.47 Å². The van der Waals surface area contributed by atoms with Gasteiger partial charge >= 0.3 is 0 Å². The Balaban J connectivity index is 0.00000280. The zero-order chi connectivity index (χ0) is 19.4. The molecule has 1 radical (unpaired) electrons. The molecule has 0 aliphatic heterocycles. The molecule has 0 unspecified atom stereocenters. The SMILES string of the molecule is COc1[c-]c(OC)c(C)c(CC2CCC(CC3CCC(C)CC3)CC2)c1C.[Y]. The molecule has 1 aromatic rings. The Kier molecular flexibility index (Phi) is 9.81. The maximum absolute atomic E-state index is 5.55. The van der Waals surface area contributed by atoms with Crippen LogP contribution in [-0.2, 0) is 39.1 Å². The average molecular weight is 460 g/mol. The van der Waals surface area contributed by atoms with Crippen LogP contribution in [0.4, 0.5) is 0 Å². The van der Waals surface area contributed by atoms with Crippen LogP contribution in [0.25, 0.3) is 0 Å². The summed E-state index contributed by atoms with van der Waals surface area (Å²) in [4.78, 5) is 0. The Morgan fingerprint density at radius 2 is 1.18 bits per heavy atom. The Labute approximate surface area is 198 Å². The van der Waals surface area contributed by atoms with Gasteiger partial charge in [0.05, 0.1) is 14.2 Å². The first-order valence-corrected chi connectivity index (χ1v) is 11.1. The normalized spacial score (nSPS) is 27.8. The summed E-state index contributed by atoms with van der Waals surface area (Å²) in [6.07, 6.45) is 14.2. The molecule has 0 N–H and O–H groups in total. The number of hydrogen-bond donors (Lipinski definition) is 0. The van der Waals surface area contributed by atoms with E-state index in [0.717, 1.165) is 41.6 Å². The van der Waals surface area contributed by atoms with Crippen LogP contribution in [0.5, 0.6) is 11.5 Å². The van der Waals surface area contributed by atoms with Crippen molar-refractivity contribution in [3.8, 4) is 11.5 Å². The fourth-order valence-electron chi connectivity index (χ4n) is 5.56. The van der Waals surface area contributed by atoms with E-state index in [1.807, 2.05) is 0 Å². The van der Waals surface area contributed by atoms with Crippen molar-refractivity contribution in [3.05, 3.63) is 22.8 Å². The van der Waals surface area contributed by atoms with Crippen molar-refractivity contribution in [1.29, 1.82) is 0 Å². The van der Waals surface area contributed by atoms with Crippen molar-refractivity contribution in [2.75, 3.05) is 14.2 Å². The van der Waals surface area contributed by atoms with E-state index in [-0.39, 0.29) is 32.7 Å². The average Bonchev–Trinajstić information content (AvgIpc) is 2.68. The molecule has 0 amide bonds. The first-order chi connectivity index (χ1) is 13.0. The van der Waals surface area contributed by atoms with Crippen LogP contribution in [0.15, 0.2) is 0 Å². The first-order valence-electron chi connectivity index (χ1n) is 11.1. The van der Waals surface area contributed by atoms with E-state index in [1.54, 1.807) is 14.2 Å². The van der Waals surface area contributed by atoms with Crippen molar-refractivity contribution in [2.45, 2.75) is 85.0 Å². The van der Waals surface area contributed by atoms with Crippen molar-refractivity contribution in [1.82, 2.24) is 0 Å². The number of ether oxygens (including phenoxy) is 2. The molecule has 2 aliphatic carbocycles. The minimum absolute atomic E-state index is 0. The summed E-state index contributed by atoms with van der Waals surface area (Å²) >= 11 is 0. The van der Waals surface area contributed by atoms with E-state index >= 15 is 0 Å². The van der Waals surface area contributed by atoms with E-state index < -0.39 is 0 Å². The molecule has 2 aliphatic rings. The smallest absolute Gasteiger partial charge is 0.0743 e. The molecule has 1 aromatic carbocycles. The van der Waals surface area contributed by atoms with Crippen LogP contribution in [0.3, 0.4) is 0 Å². The molecule has 2 fully saturated rings. The number of hydrogen-bond acceptors (Lipinski definition) is 2. The fraction of sp³-hybridized carbons (Fsp3) is 0.760. The maximum Gasteiger partial charge on any atom is 0.0743 e. The third-order valence-corrected chi connectivity index (χ3v) is 7.48. The van der Waals surface area contributed by atoms with Gasteiger partial charge in [-0.1, -0.05) is 65.4 Å². The predicted molar refractivity (Wildman–Crippen MR) is 113 cm³/mol. The van der Waals surface area contributed by atoms with Crippen LogP contribution in [-0.4, -0.2) is 14.2 Å². The molecular formula is C25H39O2Y-. The molecule has 28 heavy (non-hydrogen) atoms. The summed E-state index contributed by atoms with van der Waals surface area (Å²) in [5.41, 5.74) is 3.91. The van der Waals surface area contributed by atoms with Crippen LogP contribution in [0.1, 0.15) is 81.4 Å². The van der Waals surface area contributed by atoms with E-state index in [2.05, 4.69) is 26.8 Å². The Bertz CT molecular complexity index is 583. The second-order valence-electron chi connectivity index (χ2n) is 9.37. The Morgan fingerprint density at radius 3 is 1.64 bits per heavy atom. The van der Waals surface area contributed by atoms with Crippen molar-refractivity contribution in [3.63, 3.8) is 0 Å². The zero-order valence-corrected chi connectivity index (χ0v) is 21.6. The molecule has 2 saturated carbocycles. The molecule has 0 bridgehead atoms. The molecule has 155 valence electrons. The molecule has 3 heteroatoms. The molecule has 0 atom stereocenters.